The van der Waals surface area contributed by atoms with Gasteiger partial charge < -0.3 is 5.11 Å². The Morgan fingerprint density at radius 2 is 1.92 bits per heavy atom. The normalized spacial score (nSPS) is 23.1. The number of hydrogen-bond acceptors (Lipinski definition) is 4. The first-order valence-electron chi connectivity index (χ1n) is 7.98. The monoisotopic (exact) mass is 350 g/mol. The molecule has 2 aliphatic rings. The SMILES string of the molecule is Cc1ccc(Cl)cc1N1C(=O)C[C@H](N2CCC(C(=O)O)CC2)C1=O. The minimum Gasteiger partial charge on any atom is -0.481 e. The summed E-state index contributed by atoms with van der Waals surface area (Å²) in [4.78, 5) is 39.4. The van der Waals surface area contributed by atoms with Gasteiger partial charge in [0.15, 0.2) is 0 Å². The number of benzene rings is 1. The van der Waals surface area contributed by atoms with Crippen LogP contribution in [0.3, 0.4) is 0 Å². The smallest absolute Gasteiger partial charge is 0.306 e. The van der Waals surface area contributed by atoms with Crippen LogP contribution in [0.1, 0.15) is 24.8 Å². The van der Waals surface area contributed by atoms with Gasteiger partial charge in [-0.3, -0.25) is 19.3 Å². The molecule has 2 fully saturated rings. The molecule has 2 heterocycles. The molecule has 128 valence electrons. The van der Waals surface area contributed by atoms with E-state index in [4.69, 9.17) is 16.7 Å². The summed E-state index contributed by atoms with van der Waals surface area (Å²) in [6, 6.07) is 4.63. The number of carboxylic acid groups (broad SMARTS) is 1. The van der Waals surface area contributed by atoms with E-state index in [1.54, 1.807) is 18.2 Å². The number of aliphatic carboxylic acids is 1. The van der Waals surface area contributed by atoms with Crippen LogP contribution in [0.15, 0.2) is 18.2 Å². The van der Waals surface area contributed by atoms with Crippen LogP contribution in [-0.4, -0.2) is 46.9 Å². The van der Waals surface area contributed by atoms with Gasteiger partial charge in [-0.05, 0) is 50.6 Å². The van der Waals surface area contributed by atoms with E-state index in [1.165, 1.54) is 4.90 Å². The summed E-state index contributed by atoms with van der Waals surface area (Å²) in [6.07, 6.45) is 1.13. The van der Waals surface area contributed by atoms with Gasteiger partial charge in [-0.2, -0.15) is 0 Å². The summed E-state index contributed by atoms with van der Waals surface area (Å²) in [6.45, 7) is 2.87. The highest BCUT2D eigenvalue weighted by molar-refractivity contribution is 6.31. The number of rotatable bonds is 3. The molecule has 7 heteroatoms. The van der Waals surface area contributed by atoms with E-state index < -0.39 is 12.0 Å². The van der Waals surface area contributed by atoms with Crippen molar-refractivity contribution in [3.05, 3.63) is 28.8 Å². The van der Waals surface area contributed by atoms with Crippen molar-refractivity contribution in [3.8, 4) is 0 Å². The Balaban J connectivity index is 1.78. The second-order valence-electron chi connectivity index (χ2n) is 6.37. The summed E-state index contributed by atoms with van der Waals surface area (Å²) >= 11 is 6.01. The number of aryl methyl sites for hydroxylation is 1. The quantitative estimate of drug-likeness (QED) is 0.844. The summed E-state index contributed by atoms with van der Waals surface area (Å²) in [5.41, 5.74) is 1.34. The van der Waals surface area contributed by atoms with E-state index in [0.717, 1.165) is 5.56 Å². The summed E-state index contributed by atoms with van der Waals surface area (Å²) in [5, 5.41) is 9.54. The van der Waals surface area contributed by atoms with Crippen LogP contribution in [-0.2, 0) is 14.4 Å². The number of hydrogen-bond donors (Lipinski definition) is 1. The van der Waals surface area contributed by atoms with E-state index in [0.29, 0.717) is 36.6 Å². The molecule has 6 nitrogen and oxygen atoms in total. The molecule has 2 saturated heterocycles. The Hall–Kier alpha value is -1.92. The summed E-state index contributed by atoms with van der Waals surface area (Å²) in [5.74, 6) is -1.64. The van der Waals surface area contributed by atoms with Crippen molar-refractivity contribution in [2.75, 3.05) is 18.0 Å². The van der Waals surface area contributed by atoms with Gasteiger partial charge in [0.1, 0.15) is 0 Å². The number of imide groups is 1. The second kappa shape index (κ2) is 6.53. The molecule has 0 aromatic heterocycles. The average molecular weight is 351 g/mol. The second-order valence-corrected chi connectivity index (χ2v) is 6.80. The highest BCUT2D eigenvalue weighted by Gasteiger charge is 2.44. The molecule has 1 aromatic rings. The zero-order valence-electron chi connectivity index (χ0n) is 13.4. The Kier molecular flexibility index (Phi) is 4.60. The van der Waals surface area contributed by atoms with Crippen molar-refractivity contribution in [2.45, 2.75) is 32.2 Å². The van der Waals surface area contributed by atoms with E-state index in [9.17, 15) is 14.4 Å². The van der Waals surface area contributed by atoms with Crippen molar-refractivity contribution >= 4 is 35.1 Å². The van der Waals surface area contributed by atoms with E-state index in [1.807, 2.05) is 11.8 Å². The lowest BCUT2D eigenvalue weighted by molar-refractivity contribution is -0.143. The van der Waals surface area contributed by atoms with E-state index in [-0.39, 0.29) is 24.2 Å². The van der Waals surface area contributed by atoms with Crippen molar-refractivity contribution in [2.24, 2.45) is 5.92 Å². The van der Waals surface area contributed by atoms with Gasteiger partial charge in [0.05, 0.1) is 24.1 Å². The Morgan fingerprint density at radius 3 is 2.54 bits per heavy atom. The number of halogens is 1. The molecule has 0 aliphatic carbocycles. The molecular formula is C17H19ClN2O4. The third-order valence-corrected chi connectivity index (χ3v) is 5.09. The number of piperidine rings is 1. The number of amides is 2. The van der Waals surface area contributed by atoms with Crippen molar-refractivity contribution < 1.29 is 19.5 Å². The zero-order valence-corrected chi connectivity index (χ0v) is 14.1. The topological polar surface area (TPSA) is 77.9 Å². The first-order valence-corrected chi connectivity index (χ1v) is 8.36. The van der Waals surface area contributed by atoms with Crippen LogP contribution >= 0.6 is 11.6 Å². The molecule has 24 heavy (non-hydrogen) atoms. The standard InChI is InChI=1S/C17H19ClN2O4/c1-10-2-3-12(18)8-13(10)20-15(21)9-14(16(20)22)19-6-4-11(5-7-19)17(23)24/h2-3,8,11,14H,4-7,9H2,1H3,(H,23,24)/t14-/m0/s1. The largest absolute Gasteiger partial charge is 0.481 e. The molecular weight excluding hydrogens is 332 g/mol. The van der Waals surface area contributed by atoms with E-state index in [2.05, 4.69) is 0 Å². The van der Waals surface area contributed by atoms with Crippen LogP contribution in [0, 0.1) is 12.8 Å². The lowest BCUT2D eigenvalue weighted by Crippen LogP contribution is -2.46. The maximum absolute atomic E-state index is 12.8. The Morgan fingerprint density at radius 1 is 1.25 bits per heavy atom. The predicted molar refractivity (Wildman–Crippen MR) is 89.0 cm³/mol. The number of likely N-dealkylation sites (tertiary alicyclic amines) is 1. The highest BCUT2D eigenvalue weighted by atomic mass is 35.5. The average Bonchev–Trinajstić information content (AvgIpc) is 2.84. The molecule has 1 N–H and O–H groups in total. The van der Waals surface area contributed by atoms with Crippen molar-refractivity contribution in [1.29, 1.82) is 0 Å². The first-order chi connectivity index (χ1) is 11.4. The Labute approximate surface area is 145 Å². The number of nitrogens with zero attached hydrogens (tertiary/aromatic N) is 2. The summed E-state index contributed by atoms with van der Waals surface area (Å²) < 4.78 is 0. The van der Waals surface area contributed by atoms with Gasteiger partial charge in [-0.15, -0.1) is 0 Å². The summed E-state index contributed by atoms with van der Waals surface area (Å²) in [7, 11) is 0. The maximum Gasteiger partial charge on any atom is 0.306 e. The third-order valence-electron chi connectivity index (χ3n) is 4.85. The van der Waals surface area contributed by atoms with Crippen molar-refractivity contribution in [3.63, 3.8) is 0 Å². The molecule has 1 atom stereocenters. The van der Waals surface area contributed by atoms with Gasteiger partial charge in [0.2, 0.25) is 5.91 Å². The molecule has 0 saturated carbocycles. The highest BCUT2D eigenvalue weighted by Crippen LogP contribution is 2.32. The maximum atomic E-state index is 12.8. The lowest BCUT2D eigenvalue weighted by atomic mass is 9.95. The number of carbonyl (C=O) groups excluding carboxylic acids is 2. The van der Waals surface area contributed by atoms with Gasteiger partial charge >= 0.3 is 5.97 Å². The van der Waals surface area contributed by atoms with Crippen LogP contribution < -0.4 is 4.90 Å². The molecule has 3 rings (SSSR count). The number of carbonyl (C=O) groups is 3. The van der Waals surface area contributed by atoms with E-state index >= 15 is 0 Å². The fraction of sp³-hybridized carbons (Fsp3) is 0.471. The van der Waals surface area contributed by atoms with Crippen LogP contribution in [0.5, 0.6) is 0 Å². The Bertz CT molecular complexity index is 698. The molecule has 0 unspecified atom stereocenters. The molecule has 1 aromatic carbocycles. The van der Waals surface area contributed by atoms with Gasteiger partial charge in [0.25, 0.3) is 5.91 Å². The van der Waals surface area contributed by atoms with Gasteiger partial charge in [-0.25, -0.2) is 4.90 Å². The number of anilines is 1. The lowest BCUT2D eigenvalue weighted by Gasteiger charge is -2.33. The zero-order chi connectivity index (χ0) is 17.4. The molecule has 0 spiro atoms. The minimum absolute atomic E-state index is 0.128. The van der Waals surface area contributed by atoms with Gasteiger partial charge in [0, 0.05) is 5.02 Å². The van der Waals surface area contributed by atoms with Crippen LogP contribution in [0.4, 0.5) is 5.69 Å². The number of carboxylic acids is 1. The first kappa shape index (κ1) is 16.9. The third kappa shape index (κ3) is 3.03. The molecule has 0 bridgehead atoms. The fourth-order valence-electron chi connectivity index (χ4n) is 3.44. The molecule has 2 amide bonds. The molecule has 0 radical (unpaired) electrons. The predicted octanol–water partition coefficient (Wildman–Crippen LogP) is 2.08. The van der Waals surface area contributed by atoms with Crippen LogP contribution in [0.2, 0.25) is 5.02 Å². The van der Waals surface area contributed by atoms with Crippen molar-refractivity contribution in [1.82, 2.24) is 4.90 Å². The molecule has 2 aliphatic heterocycles. The van der Waals surface area contributed by atoms with Crippen LogP contribution in [0.25, 0.3) is 0 Å². The fourth-order valence-corrected chi connectivity index (χ4v) is 3.60. The minimum atomic E-state index is -0.792. The van der Waals surface area contributed by atoms with Gasteiger partial charge in [-0.1, -0.05) is 17.7 Å².